The molecular formula is C60H113N6O18P. The fraction of sp³-hybridized carbons (Fsp3) is 0.883. The molecule has 3 unspecified atom stereocenters. The third kappa shape index (κ3) is 37.6. The highest BCUT2D eigenvalue weighted by Crippen LogP contribution is 2.43. The summed E-state index contributed by atoms with van der Waals surface area (Å²) >= 11 is 0. The minimum atomic E-state index is -4.89. The molecule has 5 amide bonds. The minimum Gasteiger partial charge on any atom is -0.462 e. The van der Waals surface area contributed by atoms with Gasteiger partial charge in [-0.3, -0.25) is 42.6 Å². The van der Waals surface area contributed by atoms with Crippen molar-refractivity contribution >= 4 is 49.3 Å². The Balaban J connectivity index is 2.99. The molecule has 1 rings (SSSR count). The van der Waals surface area contributed by atoms with Crippen LogP contribution in [0, 0.1) is 0 Å². The first-order chi connectivity index (χ1) is 40.6. The second-order valence-corrected chi connectivity index (χ2v) is 24.2. The van der Waals surface area contributed by atoms with E-state index in [1.807, 2.05) is 0 Å². The summed E-state index contributed by atoms with van der Waals surface area (Å²) in [5, 5.41) is 38.9. The maximum atomic E-state index is 14.0. The summed E-state index contributed by atoms with van der Waals surface area (Å²) < 4.78 is 45.9. The van der Waals surface area contributed by atoms with Gasteiger partial charge in [-0.1, -0.05) is 175 Å². The van der Waals surface area contributed by atoms with E-state index in [-0.39, 0.29) is 38.8 Å². The van der Waals surface area contributed by atoms with E-state index >= 15 is 0 Å². The third-order valence-electron chi connectivity index (χ3n) is 15.1. The zero-order chi connectivity index (χ0) is 63.4. The first-order valence-electron chi connectivity index (χ1n) is 32.0. The predicted octanol–water partition coefficient (Wildman–Crippen LogP) is 6.71. The quantitative estimate of drug-likeness (QED) is 0.0174. The summed E-state index contributed by atoms with van der Waals surface area (Å²) in [5.74, 6) is -4.84. The fourth-order valence-electron chi connectivity index (χ4n) is 9.89. The summed E-state index contributed by atoms with van der Waals surface area (Å²) in [4.78, 5) is 102. The topological polar surface area (TPSA) is 364 Å². The largest absolute Gasteiger partial charge is 0.472 e. The van der Waals surface area contributed by atoms with Gasteiger partial charge >= 0.3 is 19.8 Å². The number of hydrogen-bond donors (Lipinski definition) is 9. The second-order valence-electron chi connectivity index (χ2n) is 22.8. The number of amides is 5. The van der Waals surface area contributed by atoms with E-state index in [1.54, 1.807) is 6.92 Å². The van der Waals surface area contributed by atoms with Crippen LogP contribution in [0.3, 0.4) is 0 Å². The van der Waals surface area contributed by atoms with Crippen LogP contribution in [0.1, 0.15) is 241 Å². The number of esters is 2. The average molecular weight is 1240 g/mol. The molecule has 1 fully saturated rings. The van der Waals surface area contributed by atoms with Gasteiger partial charge in [-0.25, -0.2) is 4.57 Å². The smallest absolute Gasteiger partial charge is 0.462 e. The standard InChI is InChI=1S/C60H113N6O18P/c1-7-10-12-14-16-18-20-22-24-26-28-30-32-34-52(70)79-42-47(83-53(71)35-33-31-29-27-25-23-21-19-17-15-13-11-8-2)43-81-85(77,78)80-39-38-63-58(74)45(5)66(51(69)37-36-49(57(62)73)65-59(75)48(61)9-3)40-44(4)82-56-54(64-46(6)68)60(76)84-50(41-67)55(56)72/h44-45,47-50,54-56,60,67,72,76H,7-43,61H2,1-6H3,(H2,62,73)(H,63,74)(H,64,68)(H,65,75)(H,77,78)/t44?,45-,47+,48?,49+,50+,54+,55+,56+,60-/m0/s1. The molecule has 1 heterocycles. The maximum Gasteiger partial charge on any atom is 0.472 e. The van der Waals surface area contributed by atoms with E-state index in [4.69, 9.17) is 39.5 Å². The first-order valence-corrected chi connectivity index (χ1v) is 33.5. The number of hydrogen-bond acceptors (Lipinski definition) is 18. The monoisotopic (exact) mass is 1240 g/mol. The van der Waals surface area contributed by atoms with Crippen molar-refractivity contribution in [3.05, 3.63) is 0 Å². The number of carbonyl (C=O) groups is 7. The van der Waals surface area contributed by atoms with E-state index < -0.39 is 143 Å². The molecule has 11 N–H and O–H groups in total. The minimum absolute atomic E-state index is 0.0924. The normalized spacial score (nSPS) is 19.4. The molecule has 0 saturated carbocycles. The van der Waals surface area contributed by atoms with E-state index in [0.29, 0.717) is 12.8 Å². The van der Waals surface area contributed by atoms with Crippen molar-refractivity contribution in [3.63, 3.8) is 0 Å². The second kappa shape index (κ2) is 48.1. The lowest BCUT2D eigenvalue weighted by Gasteiger charge is -2.44. The van der Waals surface area contributed by atoms with Crippen molar-refractivity contribution < 1.29 is 86.3 Å². The number of nitrogens with two attached hydrogens (primary N) is 2. The lowest BCUT2D eigenvalue weighted by Crippen LogP contribution is -2.65. The number of phosphoric acid groups is 1. The number of primary amides is 1. The van der Waals surface area contributed by atoms with Gasteiger partial charge in [-0.15, -0.1) is 0 Å². The molecule has 0 aliphatic carbocycles. The third-order valence-corrected chi connectivity index (χ3v) is 16.1. The number of unbranched alkanes of at least 4 members (excludes halogenated alkanes) is 24. The Labute approximate surface area is 507 Å². The van der Waals surface area contributed by atoms with Crippen molar-refractivity contribution in [2.24, 2.45) is 11.5 Å². The van der Waals surface area contributed by atoms with Crippen LogP contribution in [0.25, 0.3) is 0 Å². The molecule has 24 nitrogen and oxygen atoms in total. The molecule has 85 heavy (non-hydrogen) atoms. The van der Waals surface area contributed by atoms with Crippen LogP contribution in [-0.2, 0) is 66.1 Å². The van der Waals surface area contributed by atoms with Gasteiger partial charge in [-0.2, -0.15) is 0 Å². The molecule has 0 aromatic rings. The summed E-state index contributed by atoms with van der Waals surface area (Å²) in [6, 6.07) is -4.93. The fourth-order valence-corrected chi connectivity index (χ4v) is 10.6. The highest BCUT2D eigenvalue weighted by atomic mass is 31.2. The Morgan fingerprint density at radius 3 is 1.65 bits per heavy atom. The van der Waals surface area contributed by atoms with Crippen LogP contribution >= 0.6 is 7.82 Å². The number of carbonyl (C=O) groups excluding carboxylic acids is 7. The summed E-state index contributed by atoms with van der Waals surface area (Å²) in [7, 11) is -4.89. The van der Waals surface area contributed by atoms with Gasteiger partial charge in [-0.05, 0) is 39.5 Å². The van der Waals surface area contributed by atoms with Gasteiger partial charge in [0.15, 0.2) is 12.4 Å². The molecule has 0 aromatic carbocycles. The number of aliphatic hydroxyl groups excluding tert-OH is 3. The maximum absolute atomic E-state index is 14.0. The summed E-state index contributed by atoms with van der Waals surface area (Å²) in [5.41, 5.74) is 11.4. The molecule has 0 aromatic heterocycles. The van der Waals surface area contributed by atoms with Gasteiger partial charge in [0.05, 0.1) is 32.0 Å². The van der Waals surface area contributed by atoms with Crippen molar-refractivity contribution in [3.8, 4) is 0 Å². The lowest BCUT2D eigenvalue weighted by molar-refractivity contribution is -0.268. The molecule has 1 aliphatic heterocycles. The Bertz CT molecular complexity index is 1910. The molecule has 0 bridgehead atoms. The molecule has 1 aliphatic rings. The highest BCUT2D eigenvalue weighted by molar-refractivity contribution is 7.47. The molecule has 0 radical (unpaired) electrons. The number of phosphoric ester groups is 1. The van der Waals surface area contributed by atoms with Crippen LogP contribution < -0.4 is 27.4 Å². The van der Waals surface area contributed by atoms with Crippen LogP contribution in [0.15, 0.2) is 0 Å². The molecule has 1 saturated heterocycles. The van der Waals surface area contributed by atoms with E-state index in [9.17, 15) is 58.3 Å². The number of rotatable bonds is 53. The molecule has 496 valence electrons. The number of aliphatic hydroxyl groups is 3. The Kier molecular flexibility index (Phi) is 44.8. The number of nitrogens with one attached hydrogen (secondary N) is 3. The van der Waals surface area contributed by atoms with Gasteiger partial charge in [0.1, 0.15) is 43.0 Å². The zero-order valence-corrected chi connectivity index (χ0v) is 53.4. The lowest BCUT2D eigenvalue weighted by atomic mass is 9.96. The van der Waals surface area contributed by atoms with E-state index in [2.05, 4.69) is 29.8 Å². The van der Waals surface area contributed by atoms with Crippen molar-refractivity contribution in [1.82, 2.24) is 20.9 Å². The van der Waals surface area contributed by atoms with Crippen LogP contribution in [0.5, 0.6) is 0 Å². The van der Waals surface area contributed by atoms with E-state index in [0.717, 1.165) is 63.2 Å². The first kappa shape index (κ1) is 79.2. The Hall–Kier alpha value is -3.84. The SMILES string of the molecule is CCCCCCCCCCCCCCCC(=O)OC[C@H](COP(=O)(O)OCCNC(=O)[C@H](C)N(CC(C)O[C@H]1[C@H](O)[C@@H](CO)O[C@H](O)[C@@H]1NC(C)=O)C(=O)CC[C@@H](NC(=O)C(N)CC)C(N)=O)OC(=O)CCCCCCCCCCCCCCC. The van der Waals surface area contributed by atoms with Crippen molar-refractivity contribution in [2.75, 3.05) is 39.5 Å². The predicted molar refractivity (Wildman–Crippen MR) is 322 cm³/mol. The molecule has 25 heteroatoms. The molecular weight excluding hydrogens is 1120 g/mol. The Morgan fingerprint density at radius 2 is 1.18 bits per heavy atom. The van der Waals surface area contributed by atoms with Gasteiger partial charge < -0.3 is 71.5 Å². The van der Waals surface area contributed by atoms with Crippen molar-refractivity contribution in [2.45, 2.75) is 302 Å². The Morgan fingerprint density at radius 1 is 0.682 bits per heavy atom. The van der Waals surface area contributed by atoms with Crippen molar-refractivity contribution in [1.29, 1.82) is 0 Å². The number of ether oxygens (including phenoxy) is 4. The number of nitrogens with zero attached hydrogens (tertiary/aromatic N) is 1. The summed E-state index contributed by atoms with van der Waals surface area (Å²) in [6.45, 7) is 6.92. The molecule has 11 atom stereocenters. The van der Waals surface area contributed by atoms with Gasteiger partial charge in [0.25, 0.3) is 0 Å². The molecule has 0 spiro atoms. The van der Waals surface area contributed by atoms with Gasteiger partial charge in [0.2, 0.25) is 29.5 Å². The van der Waals surface area contributed by atoms with Crippen LogP contribution in [0.4, 0.5) is 0 Å². The highest BCUT2D eigenvalue weighted by Gasteiger charge is 2.47. The average Bonchev–Trinajstić information content (AvgIpc) is 3.66. The van der Waals surface area contributed by atoms with Gasteiger partial charge in [0, 0.05) is 39.3 Å². The summed E-state index contributed by atoms with van der Waals surface area (Å²) in [6.07, 6.45) is 21.1. The van der Waals surface area contributed by atoms with Crippen LogP contribution in [0.2, 0.25) is 0 Å². The van der Waals surface area contributed by atoms with Crippen LogP contribution in [-0.4, -0.2) is 167 Å². The van der Waals surface area contributed by atoms with E-state index in [1.165, 1.54) is 117 Å². The zero-order valence-electron chi connectivity index (χ0n) is 52.5.